The number of para-hydroxylation sites is 2. The third-order valence-electron chi connectivity index (χ3n) is 5.44. The van der Waals surface area contributed by atoms with Crippen molar-refractivity contribution < 1.29 is 19.1 Å². The Bertz CT molecular complexity index is 1110. The molecule has 8 nitrogen and oxygen atoms in total. The summed E-state index contributed by atoms with van der Waals surface area (Å²) in [5, 5.41) is 2.89. The Labute approximate surface area is 198 Å². The highest BCUT2D eigenvalue weighted by atomic mass is 16.5. The summed E-state index contributed by atoms with van der Waals surface area (Å²) >= 11 is 0. The van der Waals surface area contributed by atoms with Gasteiger partial charge in [0.05, 0.1) is 13.2 Å². The van der Waals surface area contributed by atoms with Crippen LogP contribution in [0.5, 0.6) is 17.4 Å². The zero-order chi connectivity index (χ0) is 23.6. The number of nitrogens with one attached hydrogen (secondary N) is 1. The molecule has 0 bridgehead atoms. The van der Waals surface area contributed by atoms with Crippen LogP contribution < -0.4 is 14.8 Å². The summed E-state index contributed by atoms with van der Waals surface area (Å²) in [4.78, 5) is 36.2. The molecule has 1 aliphatic rings. The molecule has 0 saturated carbocycles. The first kappa shape index (κ1) is 23.2. The van der Waals surface area contributed by atoms with E-state index in [0.717, 1.165) is 25.0 Å². The van der Waals surface area contributed by atoms with Gasteiger partial charge in [-0.2, -0.15) is 0 Å². The lowest BCUT2D eigenvalue weighted by Gasteiger charge is -2.23. The topological polar surface area (TPSA) is 93.7 Å². The maximum Gasteiger partial charge on any atom is 0.259 e. The number of fused-ring (bicyclic) bond motifs is 2. The Morgan fingerprint density at radius 2 is 1.76 bits per heavy atom. The van der Waals surface area contributed by atoms with Gasteiger partial charge in [-0.3, -0.25) is 14.6 Å². The average Bonchev–Trinajstić information content (AvgIpc) is 2.87. The molecule has 2 amide bonds. The standard InChI is InChI=1S/C26H28N4O4/c31-24(28-16-13-20-9-4-5-14-27-20)19-30-17-6-1-7-18-33-22-11-2-3-12-23(22)34-25-21(26(30)32)10-8-15-29-25/h2-5,8-12,14-15H,1,6-7,13,16-19H2,(H,28,31). The second-order valence-corrected chi connectivity index (χ2v) is 7.96. The number of amides is 2. The third-order valence-corrected chi connectivity index (χ3v) is 5.44. The van der Waals surface area contributed by atoms with Crippen LogP contribution >= 0.6 is 0 Å². The number of ether oxygens (including phenoxy) is 2. The van der Waals surface area contributed by atoms with Gasteiger partial charge in [0.15, 0.2) is 11.5 Å². The molecule has 2 aromatic heterocycles. The molecule has 0 unspecified atom stereocenters. The molecule has 1 N–H and O–H groups in total. The van der Waals surface area contributed by atoms with Gasteiger partial charge in [-0.1, -0.05) is 18.2 Å². The molecule has 176 valence electrons. The highest BCUT2D eigenvalue weighted by Gasteiger charge is 2.23. The number of carbonyl (C=O) groups excluding carboxylic acids is 2. The molecule has 0 aliphatic carbocycles. The van der Waals surface area contributed by atoms with Crippen LogP contribution in [0.2, 0.25) is 0 Å². The Hall–Kier alpha value is -3.94. The van der Waals surface area contributed by atoms with E-state index in [1.54, 1.807) is 35.5 Å². The molecule has 0 atom stereocenters. The number of benzene rings is 1. The summed E-state index contributed by atoms with van der Waals surface area (Å²) in [6, 6.07) is 16.4. The minimum Gasteiger partial charge on any atom is -0.490 e. The molecular formula is C26H28N4O4. The maximum absolute atomic E-state index is 13.5. The number of rotatable bonds is 5. The van der Waals surface area contributed by atoms with E-state index in [2.05, 4.69) is 15.3 Å². The molecule has 0 saturated heterocycles. The van der Waals surface area contributed by atoms with Gasteiger partial charge in [-0.05, 0) is 55.7 Å². The minimum atomic E-state index is -0.291. The van der Waals surface area contributed by atoms with Gasteiger partial charge in [0.1, 0.15) is 5.56 Å². The van der Waals surface area contributed by atoms with E-state index in [1.165, 1.54) is 0 Å². The minimum absolute atomic E-state index is 0.0392. The fourth-order valence-electron chi connectivity index (χ4n) is 3.68. The number of hydrogen-bond donors (Lipinski definition) is 1. The Morgan fingerprint density at radius 3 is 2.62 bits per heavy atom. The Kier molecular flexibility index (Phi) is 8.05. The second-order valence-electron chi connectivity index (χ2n) is 7.96. The molecular weight excluding hydrogens is 432 g/mol. The molecule has 8 heteroatoms. The number of hydrogen-bond acceptors (Lipinski definition) is 6. The van der Waals surface area contributed by atoms with Crippen LogP contribution in [0.15, 0.2) is 67.0 Å². The fraction of sp³-hybridized carbons (Fsp3) is 0.308. The zero-order valence-electron chi connectivity index (χ0n) is 19.0. The number of aromatic nitrogens is 2. The first-order chi connectivity index (χ1) is 16.7. The van der Waals surface area contributed by atoms with E-state index in [0.29, 0.717) is 43.2 Å². The summed E-state index contributed by atoms with van der Waals surface area (Å²) in [7, 11) is 0. The van der Waals surface area contributed by atoms with E-state index >= 15 is 0 Å². The summed E-state index contributed by atoms with van der Waals surface area (Å²) in [5.41, 5.74) is 1.21. The van der Waals surface area contributed by atoms with Crippen molar-refractivity contribution >= 4 is 11.8 Å². The monoisotopic (exact) mass is 460 g/mol. The number of pyridine rings is 2. The van der Waals surface area contributed by atoms with Crippen molar-refractivity contribution in [3.63, 3.8) is 0 Å². The van der Waals surface area contributed by atoms with Crippen molar-refractivity contribution in [2.75, 3.05) is 26.2 Å². The molecule has 3 aromatic rings. The summed E-state index contributed by atoms with van der Waals surface area (Å²) in [6.07, 6.45) is 6.38. The van der Waals surface area contributed by atoms with E-state index in [9.17, 15) is 9.59 Å². The normalized spacial score (nSPS) is 14.2. The fourth-order valence-corrected chi connectivity index (χ4v) is 3.68. The number of nitrogens with zero attached hydrogens (tertiary/aromatic N) is 3. The predicted octanol–water partition coefficient (Wildman–Crippen LogP) is 3.63. The lowest BCUT2D eigenvalue weighted by atomic mass is 10.2. The lowest BCUT2D eigenvalue weighted by Crippen LogP contribution is -2.42. The van der Waals surface area contributed by atoms with Crippen LogP contribution in [0.25, 0.3) is 0 Å². The highest BCUT2D eigenvalue weighted by molar-refractivity contribution is 5.98. The van der Waals surface area contributed by atoms with Crippen molar-refractivity contribution in [2.45, 2.75) is 25.7 Å². The lowest BCUT2D eigenvalue weighted by molar-refractivity contribution is -0.121. The van der Waals surface area contributed by atoms with E-state index in [1.807, 2.05) is 36.4 Å². The molecule has 4 rings (SSSR count). The third kappa shape index (κ3) is 6.31. The highest BCUT2D eigenvalue weighted by Crippen LogP contribution is 2.32. The van der Waals surface area contributed by atoms with E-state index < -0.39 is 0 Å². The summed E-state index contributed by atoms with van der Waals surface area (Å²) in [6.45, 7) is 1.40. The SMILES string of the molecule is O=C(CN1CCCCCOc2ccccc2Oc2ncccc2C1=O)NCCc1ccccn1. The van der Waals surface area contributed by atoms with Crippen molar-refractivity contribution in [2.24, 2.45) is 0 Å². The van der Waals surface area contributed by atoms with Crippen molar-refractivity contribution in [1.29, 1.82) is 0 Å². The largest absolute Gasteiger partial charge is 0.490 e. The Morgan fingerprint density at radius 1 is 0.941 bits per heavy atom. The van der Waals surface area contributed by atoms with Crippen LogP contribution in [-0.4, -0.2) is 52.9 Å². The van der Waals surface area contributed by atoms with E-state index in [-0.39, 0.29) is 24.2 Å². The van der Waals surface area contributed by atoms with Crippen molar-refractivity contribution in [1.82, 2.24) is 20.2 Å². The first-order valence-corrected chi connectivity index (χ1v) is 11.5. The quantitative estimate of drug-likeness (QED) is 0.625. The van der Waals surface area contributed by atoms with Crippen LogP contribution in [0, 0.1) is 0 Å². The first-order valence-electron chi connectivity index (χ1n) is 11.5. The summed E-state index contributed by atoms with van der Waals surface area (Å²) < 4.78 is 11.9. The van der Waals surface area contributed by atoms with Gasteiger partial charge in [0, 0.05) is 37.6 Å². The van der Waals surface area contributed by atoms with Crippen molar-refractivity contribution in [3.8, 4) is 17.4 Å². The van der Waals surface area contributed by atoms with Crippen LogP contribution in [0.3, 0.4) is 0 Å². The predicted molar refractivity (Wildman–Crippen MR) is 127 cm³/mol. The number of carbonyl (C=O) groups is 2. The molecule has 0 fully saturated rings. The maximum atomic E-state index is 13.5. The zero-order valence-corrected chi connectivity index (χ0v) is 19.0. The van der Waals surface area contributed by atoms with Gasteiger partial charge < -0.3 is 19.7 Å². The molecule has 34 heavy (non-hydrogen) atoms. The van der Waals surface area contributed by atoms with Gasteiger partial charge in [-0.25, -0.2) is 4.98 Å². The second kappa shape index (κ2) is 11.8. The van der Waals surface area contributed by atoms with Crippen LogP contribution in [-0.2, 0) is 11.2 Å². The molecule has 1 aliphatic heterocycles. The van der Waals surface area contributed by atoms with Gasteiger partial charge in [0.25, 0.3) is 5.91 Å². The summed E-state index contributed by atoms with van der Waals surface area (Å²) in [5.74, 6) is 0.779. The van der Waals surface area contributed by atoms with Gasteiger partial charge in [0.2, 0.25) is 11.8 Å². The Balaban J connectivity index is 1.48. The van der Waals surface area contributed by atoms with Gasteiger partial charge in [-0.15, -0.1) is 0 Å². The van der Waals surface area contributed by atoms with Crippen LogP contribution in [0.1, 0.15) is 35.3 Å². The average molecular weight is 461 g/mol. The van der Waals surface area contributed by atoms with Crippen molar-refractivity contribution in [3.05, 3.63) is 78.2 Å². The molecule has 3 heterocycles. The van der Waals surface area contributed by atoms with E-state index in [4.69, 9.17) is 9.47 Å². The smallest absolute Gasteiger partial charge is 0.259 e. The van der Waals surface area contributed by atoms with Gasteiger partial charge >= 0.3 is 0 Å². The molecule has 0 spiro atoms. The molecule has 0 radical (unpaired) electrons. The van der Waals surface area contributed by atoms with Crippen LogP contribution in [0.4, 0.5) is 0 Å². The molecule has 1 aromatic carbocycles.